The monoisotopic (exact) mass is 558 g/mol. The van der Waals surface area contributed by atoms with Crippen molar-refractivity contribution in [3.05, 3.63) is 57.5 Å². The maximum Gasteiger partial charge on any atom is 0.631 e. The van der Waals surface area contributed by atoms with E-state index in [0.717, 1.165) is 22.8 Å². The molecule has 37 heavy (non-hydrogen) atoms. The van der Waals surface area contributed by atoms with Gasteiger partial charge in [0.05, 0.1) is 23.5 Å². The van der Waals surface area contributed by atoms with Crippen molar-refractivity contribution in [2.45, 2.75) is 51.7 Å². The summed E-state index contributed by atoms with van der Waals surface area (Å²) in [5.41, 5.74) is 3.24. The maximum absolute atomic E-state index is 13.3. The summed E-state index contributed by atoms with van der Waals surface area (Å²) in [7, 11) is -2.17. The third-order valence-electron chi connectivity index (χ3n) is 5.23. The minimum Gasteiger partial charge on any atom is -0.494 e. The van der Waals surface area contributed by atoms with Crippen LogP contribution in [-0.4, -0.2) is 69.0 Å². The zero-order valence-corrected chi connectivity index (χ0v) is 21.8. The highest BCUT2D eigenvalue weighted by Gasteiger charge is 2.34. The third kappa shape index (κ3) is 9.56. The molecule has 1 fully saturated rings. The molecule has 1 saturated heterocycles. The molecule has 0 radical (unpaired) electrons. The van der Waals surface area contributed by atoms with Crippen LogP contribution in [-0.2, 0) is 19.1 Å². The standard InChI is InChI=1S/C23H26Cl2N2O6.BH3O3/c1-13(2)9-18(23(30)31)27(22(29)16-11-15(24)4-5-17(16)25)26-21(28)6-3-14-10-20-19(33-12-14)7-8-32-20;2-1(3)4/h4-5,10-13,18-19H,3,6-9H2,1-2H3,(H,26,28)(H,30,31);2-4H/t18-,19?;/m0./s1. The molecule has 0 bridgehead atoms. The van der Waals surface area contributed by atoms with E-state index in [2.05, 4.69) is 5.43 Å². The topological polar surface area (TPSA) is 166 Å². The molecule has 2 heterocycles. The van der Waals surface area contributed by atoms with Gasteiger partial charge in [0, 0.05) is 17.9 Å². The number of benzene rings is 1. The minimum atomic E-state index is -2.17. The number of fused-ring (bicyclic) bond motifs is 1. The molecule has 14 heteroatoms. The Labute approximate surface area is 224 Å². The van der Waals surface area contributed by atoms with E-state index in [1.165, 1.54) is 18.2 Å². The molecule has 0 spiro atoms. The highest BCUT2D eigenvalue weighted by Crippen LogP contribution is 2.28. The molecule has 0 aromatic heterocycles. The van der Waals surface area contributed by atoms with Crippen molar-refractivity contribution in [2.24, 2.45) is 5.92 Å². The third-order valence-corrected chi connectivity index (χ3v) is 5.80. The number of aliphatic carboxylic acids is 1. The Morgan fingerprint density at radius 3 is 2.51 bits per heavy atom. The second kappa shape index (κ2) is 14.2. The van der Waals surface area contributed by atoms with E-state index in [-0.39, 0.29) is 40.5 Å². The van der Waals surface area contributed by atoms with Crippen LogP contribution in [0, 0.1) is 5.92 Å². The summed E-state index contributed by atoms with van der Waals surface area (Å²) in [5.74, 6) is -1.83. The van der Waals surface area contributed by atoms with E-state index < -0.39 is 31.1 Å². The van der Waals surface area contributed by atoms with Crippen LogP contribution in [0.1, 0.15) is 49.9 Å². The van der Waals surface area contributed by atoms with Crippen LogP contribution in [0.15, 0.2) is 41.9 Å². The van der Waals surface area contributed by atoms with Gasteiger partial charge < -0.3 is 29.7 Å². The Balaban J connectivity index is 0.00000112. The Morgan fingerprint density at radius 1 is 1.22 bits per heavy atom. The molecule has 2 aliphatic heterocycles. The van der Waals surface area contributed by atoms with Gasteiger partial charge >= 0.3 is 13.3 Å². The smallest absolute Gasteiger partial charge is 0.494 e. The lowest BCUT2D eigenvalue weighted by atomic mass is 10.0. The SMILES string of the molecule is CC(C)C[C@@H](C(=O)O)N(NC(=O)CCC1=COC2CCOC2=C1)C(=O)c1cc(Cl)ccc1Cl.OB(O)O. The summed E-state index contributed by atoms with van der Waals surface area (Å²) in [4.78, 5) is 38.0. The van der Waals surface area contributed by atoms with Crippen molar-refractivity contribution in [2.75, 3.05) is 6.61 Å². The zero-order chi connectivity index (χ0) is 27.7. The van der Waals surface area contributed by atoms with Crippen molar-refractivity contribution in [3.63, 3.8) is 0 Å². The number of rotatable bonds is 8. The van der Waals surface area contributed by atoms with Gasteiger partial charge in [0.2, 0.25) is 5.91 Å². The number of halogens is 2. The first kappa shape index (κ1) is 30.5. The largest absolute Gasteiger partial charge is 0.631 e. The minimum absolute atomic E-state index is 0.00276. The maximum atomic E-state index is 13.3. The molecule has 202 valence electrons. The van der Waals surface area contributed by atoms with Crippen LogP contribution < -0.4 is 5.43 Å². The number of carbonyl (C=O) groups excluding carboxylic acids is 2. The molecule has 0 saturated carbocycles. The number of amides is 2. The first-order valence-electron chi connectivity index (χ1n) is 11.4. The number of carboxylic acids is 1. The van der Waals surface area contributed by atoms with Gasteiger partial charge in [-0.25, -0.2) is 9.80 Å². The van der Waals surface area contributed by atoms with Crippen LogP contribution in [0.5, 0.6) is 0 Å². The average Bonchev–Trinajstić information content (AvgIpc) is 3.28. The molecule has 0 aliphatic carbocycles. The van der Waals surface area contributed by atoms with E-state index in [4.69, 9.17) is 47.7 Å². The number of allylic oxidation sites excluding steroid dienone is 2. The van der Waals surface area contributed by atoms with E-state index >= 15 is 0 Å². The number of nitrogens with zero attached hydrogens (tertiary/aromatic N) is 1. The molecule has 11 nitrogen and oxygen atoms in total. The molecule has 2 amide bonds. The number of ether oxygens (including phenoxy) is 2. The van der Waals surface area contributed by atoms with Crippen molar-refractivity contribution in [3.8, 4) is 0 Å². The van der Waals surface area contributed by atoms with E-state index in [0.29, 0.717) is 13.0 Å². The molecule has 1 aromatic carbocycles. The zero-order valence-electron chi connectivity index (χ0n) is 20.3. The molecular formula is C23H29BCl2N2O9. The van der Waals surface area contributed by atoms with Gasteiger partial charge in [-0.15, -0.1) is 0 Å². The number of hydrazine groups is 1. The Hall–Kier alpha value is -2.77. The van der Waals surface area contributed by atoms with Gasteiger partial charge in [-0.05, 0) is 48.6 Å². The first-order valence-corrected chi connectivity index (χ1v) is 12.2. The predicted octanol–water partition coefficient (Wildman–Crippen LogP) is 2.28. The predicted molar refractivity (Wildman–Crippen MR) is 135 cm³/mol. The molecule has 2 atom stereocenters. The summed E-state index contributed by atoms with van der Waals surface area (Å²) in [6.07, 6.45) is 4.61. The van der Waals surface area contributed by atoms with E-state index in [1.54, 1.807) is 6.26 Å². The number of carboxylic acid groups (broad SMARTS) is 1. The van der Waals surface area contributed by atoms with Gasteiger partial charge in [0.25, 0.3) is 5.91 Å². The van der Waals surface area contributed by atoms with Gasteiger partial charge in [-0.2, -0.15) is 0 Å². The second-order valence-corrected chi connectivity index (χ2v) is 9.51. The quantitative estimate of drug-likeness (QED) is 0.237. The Morgan fingerprint density at radius 2 is 1.89 bits per heavy atom. The van der Waals surface area contributed by atoms with Crippen LogP contribution >= 0.6 is 23.2 Å². The van der Waals surface area contributed by atoms with Crippen LogP contribution in [0.4, 0.5) is 0 Å². The summed E-state index contributed by atoms with van der Waals surface area (Å²) < 4.78 is 11.1. The lowest BCUT2D eigenvalue weighted by molar-refractivity contribution is -0.145. The van der Waals surface area contributed by atoms with Gasteiger partial charge in [0.15, 0.2) is 12.1 Å². The van der Waals surface area contributed by atoms with E-state index in [9.17, 15) is 19.5 Å². The molecule has 1 unspecified atom stereocenters. The van der Waals surface area contributed by atoms with Crippen molar-refractivity contribution in [1.82, 2.24) is 10.4 Å². The number of nitrogens with one attached hydrogen (secondary N) is 1. The fourth-order valence-electron chi connectivity index (χ4n) is 3.58. The van der Waals surface area contributed by atoms with Crippen LogP contribution in [0.25, 0.3) is 0 Å². The van der Waals surface area contributed by atoms with Gasteiger partial charge in [0.1, 0.15) is 5.76 Å². The molecule has 1 aromatic rings. The Bertz CT molecular complexity index is 1050. The van der Waals surface area contributed by atoms with Crippen LogP contribution in [0.3, 0.4) is 0 Å². The highest BCUT2D eigenvalue weighted by molar-refractivity contribution is 6.35. The fourth-order valence-corrected chi connectivity index (χ4v) is 3.95. The number of hydrogen-bond donors (Lipinski definition) is 5. The normalized spacial score (nSPS) is 16.6. The lowest BCUT2D eigenvalue weighted by Crippen LogP contribution is -2.55. The van der Waals surface area contributed by atoms with Gasteiger partial charge in [-0.3, -0.25) is 15.0 Å². The first-order chi connectivity index (χ1) is 17.4. The molecule has 3 rings (SSSR count). The summed E-state index contributed by atoms with van der Waals surface area (Å²) in [5, 5.41) is 32.5. The highest BCUT2D eigenvalue weighted by atomic mass is 35.5. The van der Waals surface area contributed by atoms with Crippen molar-refractivity contribution in [1.29, 1.82) is 0 Å². The second-order valence-electron chi connectivity index (χ2n) is 8.67. The van der Waals surface area contributed by atoms with Crippen molar-refractivity contribution >= 4 is 48.3 Å². The van der Waals surface area contributed by atoms with Gasteiger partial charge in [-0.1, -0.05) is 37.0 Å². The summed E-state index contributed by atoms with van der Waals surface area (Å²) in [6.45, 7) is 4.25. The average molecular weight is 559 g/mol. The number of carbonyl (C=O) groups is 3. The fraction of sp³-hybridized carbons (Fsp3) is 0.435. The summed E-state index contributed by atoms with van der Waals surface area (Å²) >= 11 is 12.2. The Kier molecular flexibility index (Phi) is 11.7. The lowest BCUT2D eigenvalue weighted by Gasteiger charge is -2.30. The van der Waals surface area contributed by atoms with Crippen molar-refractivity contribution < 1.29 is 44.0 Å². The summed E-state index contributed by atoms with van der Waals surface area (Å²) in [6, 6.07) is 3.01. The van der Waals surface area contributed by atoms with Crippen LogP contribution in [0.2, 0.25) is 10.0 Å². The van der Waals surface area contributed by atoms with E-state index in [1.807, 2.05) is 19.9 Å². The molecule has 2 aliphatic rings. The molecular weight excluding hydrogens is 530 g/mol. The number of hydrogen-bond acceptors (Lipinski definition) is 8. The molecule has 5 N–H and O–H groups in total.